The summed E-state index contributed by atoms with van der Waals surface area (Å²) in [5, 5.41) is 0. The molecule has 0 aromatic heterocycles. The van der Waals surface area contributed by atoms with E-state index in [1.807, 2.05) is 12.1 Å². The van der Waals surface area contributed by atoms with Crippen molar-refractivity contribution in [3.8, 4) is 11.1 Å². The minimum Gasteiger partial charge on any atom is -0.258 e. The first-order chi connectivity index (χ1) is 8.88. The number of hydrogen-bond acceptors (Lipinski definition) is 2. The molecule has 0 bridgehead atoms. The van der Waals surface area contributed by atoms with E-state index >= 15 is 0 Å². The molecule has 2 aromatic rings. The van der Waals surface area contributed by atoms with Crippen LogP contribution in [0, 0.1) is 0 Å². The fourth-order valence-electron chi connectivity index (χ4n) is 1.51. The van der Waals surface area contributed by atoms with Crippen molar-refractivity contribution in [2.75, 3.05) is 13.1 Å². The molecular weight excluding hydrogens is 220 g/mol. The Morgan fingerprint density at radius 2 is 0.944 bits per heavy atom. The van der Waals surface area contributed by atoms with Gasteiger partial charge < -0.3 is 0 Å². The Morgan fingerprint density at radius 1 is 0.611 bits per heavy atom. The van der Waals surface area contributed by atoms with Gasteiger partial charge in [-0.2, -0.15) is 0 Å². The van der Waals surface area contributed by atoms with Crippen LogP contribution in [-0.4, -0.2) is 13.1 Å². The van der Waals surface area contributed by atoms with Crippen LogP contribution in [0.4, 0.5) is 0 Å². The molecule has 0 aliphatic carbocycles. The third kappa shape index (κ3) is 5.62. The predicted molar refractivity (Wildman–Crippen MR) is 79.2 cm³/mol. The van der Waals surface area contributed by atoms with E-state index in [9.17, 15) is 0 Å². The van der Waals surface area contributed by atoms with E-state index in [0.29, 0.717) is 0 Å². The van der Waals surface area contributed by atoms with E-state index in [-0.39, 0.29) is 0 Å². The van der Waals surface area contributed by atoms with Crippen molar-refractivity contribution in [3.05, 3.63) is 60.7 Å². The summed E-state index contributed by atoms with van der Waals surface area (Å²) >= 11 is 0. The average molecular weight is 242 g/mol. The molecule has 2 nitrogen and oxygen atoms in total. The van der Waals surface area contributed by atoms with Crippen LogP contribution in [0.5, 0.6) is 0 Å². The molecule has 0 radical (unpaired) electrons. The molecule has 18 heavy (non-hydrogen) atoms. The highest BCUT2D eigenvalue weighted by molar-refractivity contribution is 5.62. The molecule has 0 unspecified atom stereocenters. The average Bonchev–Trinajstić information content (AvgIpc) is 2.48. The van der Waals surface area contributed by atoms with Crippen LogP contribution >= 0.6 is 0 Å². The summed E-state index contributed by atoms with van der Waals surface area (Å²) in [6, 6.07) is 20.8. The van der Waals surface area contributed by atoms with Crippen LogP contribution in [0.25, 0.3) is 11.1 Å². The Balaban J connectivity index is 0.000000232. The monoisotopic (exact) mass is 242 g/mol. The Labute approximate surface area is 110 Å². The molecule has 2 rings (SSSR count). The van der Waals surface area contributed by atoms with E-state index in [1.165, 1.54) is 11.1 Å². The zero-order valence-corrected chi connectivity index (χ0v) is 11.2. The third-order valence-corrected chi connectivity index (χ3v) is 2.36. The van der Waals surface area contributed by atoms with E-state index in [2.05, 4.69) is 73.2 Å². The highest BCUT2D eigenvalue weighted by Gasteiger charge is 1.91. The van der Waals surface area contributed by atoms with Crippen molar-refractivity contribution in [2.45, 2.75) is 13.8 Å². The second-order valence-electron chi connectivity index (χ2n) is 3.79. The summed E-state index contributed by atoms with van der Waals surface area (Å²) in [5.74, 6) is 0. The zero-order valence-electron chi connectivity index (χ0n) is 11.2. The lowest BCUT2D eigenvalue weighted by molar-refractivity contribution is 0.573. The number of nitrogens with one attached hydrogen (secondary N) is 2. The molecule has 0 aliphatic heterocycles. The second-order valence-corrected chi connectivity index (χ2v) is 3.79. The van der Waals surface area contributed by atoms with Gasteiger partial charge in [-0.25, -0.2) is 0 Å². The molecule has 0 fully saturated rings. The van der Waals surface area contributed by atoms with Crippen molar-refractivity contribution in [3.63, 3.8) is 0 Å². The lowest BCUT2D eigenvalue weighted by Gasteiger charge is -1.98. The standard InChI is InChI=1S/C12H10.C4H12N2/c1-3-7-11(8-4-1)12-9-5-2-6-10-12;1-3-5-6-4-2/h1-10H;5-6H,3-4H2,1-2H3. The first-order valence-corrected chi connectivity index (χ1v) is 6.44. The lowest BCUT2D eigenvalue weighted by Crippen LogP contribution is -2.30. The molecule has 0 saturated carbocycles. The first-order valence-electron chi connectivity index (χ1n) is 6.44. The van der Waals surface area contributed by atoms with Crippen LogP contribution < -0.4 is 10.9 Å². The van der Waals surface area contributed by atoms with Crippen molar-refractivity contribution in [1.82, 2.24) is 10.9 Å². The number of hydrazine groups is 1. The van der Waals surface area contributed by atoms with E-state index < -0.39 is 0 Å². The van der Waals surface area contributed by atoms with Gasteiger partial charge in [0.2, 0.25) is 0 Å². The molecular formula is C16H22N2. The molecule has 0 amide bonds. The van der Waals surface area contributed by atoms with Gasteiger partial charge in [0.15, 0.2) is 0 Å². The first kappa shape index (κ1) is 14.4. The Kier molecular flexibility index (Phi) is 7.53. The van der Waals surface area contributed by atoms with Crippen molar-refractivity contribution in [1.29, 1.82) is 0 Å². The quantitative estimate of drug-likeness (QED) is 0.633. The van der Waals surface area contributed by atoms with Crippen LogP contribution in [-0.2, 0) is 0 Å². The van der Waals surface area contributed by atoms with Crippen LogP contribution in [0.1, 0.15) is 13.8 Å². The smallest absolute Gasteiger partial charge is 0.00713 e. The van der Waals surface area contributed by atoms with Gasteiger partial charge in [0.1, 0.15) is 0 Å². The maximum absolute atomic E-state index is 2.95. The van der Waals surface area contributed by atoms with E-state index in [0.717, 1.165) is 13.1 Å². The summed E-state index contributed by atoms with van der Waals surface area (Å²) in [6.07, 6.45) is 0. The molecule has 0 spiro atoms. The maximum atomic E-state index is 2.95. The van der Waals surface area contributed by atoms with E-state index in [4.69, 9.17) is 0 Å². The predicted octanol–water partition coefficient (Wildman–Crippen LogP) is 3.47. The van der Waals surface area contributed by atoms with Gasteiger partial charge in [0.25, 0.3) is 0 Å². The van der Waals surface area contributed by atoms with Crippen molar-refractivity contribution in [2.24, 2.45) is 0 Å². The van der Waals surface area contributed by atoms with Crippen molar-refractivity contribution < 1.29 is 0 Å². The van der Waals surface area contributed by atoms with Gasteiger partial charge in [0, 0.05) is 13.1 Å². The van der Waals surface area contributed by atoms with Gasteiger partial charge in [-0.15, -0.1) is 0 Å². The van der Waals surface area contributed by atoms with Crippen LogP contribution in [0.3, 0.4) is 0 Å². The number of benzene rings is 2. The highest BCUT2D eigenvalue weighted by atomic mass is 15.3. The molecule has 0 heterocycles. The number of rotatable bonds is 4. The van der Waals surface area contributed by atoms with E-state index in [1.54, 1.807) is 0 Å². The molecule has 0 atom stereocenters. The largest absolute Gasteiger partial charge is 0.258 e. The minimum absolute atomic E-state index is 0.994. The molecule has 0 aliphatic rings. The zero-order chi connectivity index (χ0) is 13.1. The van der Waals surface area contributed by atoms with Gasteiger partial charge in [-0.1, -0.05) is 74.5 Å². The van der Waals surface area contributed by atoms with Crippen molar-refractivity contribution >= 4 is 0 Å². The summed E-state index contributed by atoms with van der Waals surface area (Å²) in [6.45, 7) is 6.10. The van der Waals surface area contributed by atoms with Crippen LogP contribution in [0.15, 0.2) is 60.7 Å². The fraction of sp³-hybridized carbons (Fsp3) is 0.250. The van der Waals surface area contributed by atoms with Crippen LogP contribution in [0.2, 0.25) is 0 Å². The summed E-state index contributed by atoms with van der Waals surface area (Å²) in [7, 11) is 0. The van der Waals surface area contributed by atoms with Gasteiger partial charge >= 0.3 is 0 Å². The molecule has 2 heteroatoms. The fourth-order valence-corrected chi connectivity index (χ4v) is 1.51. The Hall–Kier alpha value is -1.64. The topological polar surface area (TPSA) is 24.1 Å². The normalized spacial score (nSPS) is 9.44. The summed E-state index contributed by atoms with van der Waals surface area (Å²) < 4.78 is 0. The molecule has 96 valence electrons. The van der Waals surface area contributed by atoms with Gasteiger partial charge in [-0.05, 0) is 11.1 Å². The Bertz CT molecular complexity index is 356. The SMILES string of the molecule is CCNNCC.c1ccc(-c2ccccc2)cc1. The second kappa shape index (κ2) is 9.40. The third-order valence-electron chi connectivity index (χ3n) is 2.36. The van der Waals surface area contributed by atoms with Gasteiger partial charge in [-0.3, -0.25) is 10.9 Å². The maximum Gasteiger partial charge on any atom is 0.00713 e. The summed E-state index contributed by atoms with van der Waals surface area (Å²) in [5.41, 5.74) is 8.45. The summed E-state index contributed by atoms with van der Waals surface area (Å²) in [4.78, 5) is 0. The molecule has 2 N–H and O–H groups in total. The molecule has 2 aromatic carbocycles. The lowest BCUT2D eigenvalue weighted by atomic mass is 10.1. The Morgan fingerprint density at radius 3 is 1.22 bits per heavy atom. The minimum atomic E-state index is 0.994. The molecule has 0 saturated heterocycles. The number of hydrogen-bond donors (Lipinski definition) is 2. The van der Waals surface area contributed by atoms with Gasteiger partial charge in [0.05, 0.1) is 0 Å². The highest BCUT2D eigenvalue weighted by Crippen LogP contribution is 2.17.